The first-order valence-electron chi connectivity index (χ1n) is 12.7. The van der Waals surface area contributed by atoms with Gasteiger partial charge in [0.1, 0.15) is 29.1 Å². The number of furan rings is 1. The van der Waals surface area contributed by atoms with Crippen LogP contribution in [0.15, 0.2) is 71.3 Å². The molecule has 2 heterocycles. The maximum absolute atomic E-state index is 14.2. The molecule has 2 atom stereocenters. The number of nitrogens with one attached hydrogen (secondary N) is 1. The third kappa shape index (κ3) is 5.35. The number of nitrogens with zero attached hydrogens (tertiary/aromatic N) is 4. The Labute approximate surface area is 215 Å². The van der Waals surface area contributed by atoms with E-state index in [9.17, 15) is 14.7 Å². The molecule has 9 heteroatoms. The van der Waals surface area contributed by atoms with E-state index in [2.05, 4.69) is 15.6 Å². The lowest BCUT2D eigenvalue weighted by atomic mass is 9.94. The zero-order valence-corrected chi connectivity index (χ0v) is 20.8. The first-order chi connectivity index (χ1) is 18.0. The van der Waals surface area contributed by atoms with Crippen molar-refractivity contribution >= 4 is 22.8 Å². The van der Waals surface area contributed by atoms with Crippen molar-refractivity contribution in [3.8, 4) is 5.75 Å². The van der Waals surface area contributed by atoms with Crippen LogP contribution in [0.4, 0.5) is 0 Å². The van der Waals surface area contributed by atoms with Crippen LogP contribution in [-0.2, 0) is 16.1 Å². The molecule has 2 amide bonds. The number of para-hydroxylation sites is 1. The maximum Gasteiger partial charge on any atom is 0.248 e. The van der Waals surface area contributed by atoms with Crippen LogP contribution >= 0.6 is 0 Å². The Bertz CT molecular complexity index is 1340. The van der Waals surface area contributed by atoms with Gasteiger partial charge in [-0.05, 0) is 61.7 Å². The molecule has 37 heavy (non-hydrogen) atoms. The summed E-state index contributed by atoms with van der Waals surface area (Å²) in [7, 11) is 0. The van der Waals surface area contributed by atoms with Crippen LogP contribution in [0, 0.1) is 0 Å². The Hall–Kier alpha value is -4.14. The summed E-state index contributed by atoms with van der Waals surface area (Å²) in [6, 6.07) is 15.8. The van der Waals surface area contributed by atoms with Gasteiger partial charge in [0.05, 0.1) is 18.3 Å². The van der Waals surface area contributed by atoms with Crippen molar-refractivity contribution in [1.29, 1.82) is 0 Å². The molecule has 2 aromatic carbocycles. The molecule has 1 aliphatic rings. The third-order valence-electron chi connectivity index (χ3n) is 7.01. The lowest BCUT2D eigenvalue weighted by molar-refractivity contribution is -0.144. The van der Waals surface area contributed by atoms with E-state index >= 15 is 0 Å². The Morgan fingerprint density at radius 2 is 1.84 bits per heavy atom. The zero-order valence-electron chi connectivity index (χ0n) is 20.8. The van der Waals surface area contributed by atoms with Gasteiger partial charge in [-0.2, -0.15) is 0 Å². The Kier molecular flexibility index (Phi) is 7.20. The average Bonchev–Trinajstić information content (AvgIpc) is 3.59. The van der Waals surface area contributed by atoms with Crippen LogP contribution in [0.5, 0.6) is 5.75 Å². The number of rotatable bonds is 8. The van der Waals surface area contributed by atoms with E-state index in [1.165, 1.54) is 23.5 Å². The smallest absolute Gasteiger partial charge is 0.248 e. The second-order valence-electron chi connectivity index (χ2n) is 9.58. The van der Waals surface area contributed by atoms with Crippen molar-refractivity contribution in [2.75, 3.05) is 0 Å². The fourth-order valence-electron chi connectivity index (χ4n) is 5.04. The van der Waals surface area contributed by atoms with Crippen molar-refractivity contribution in [3.05, 3.63) is 78.3 Å². The topological polar surface area (TPSA) is 113 Å². The molecular formula is C28H31N5O4. The number of carbonyl (C=O) groups excluding carboxylic acids is 2. The highest BCUT2D eigenvalue weighted by atomic mass is 16.3. The molecule has 0 radical (unpaired) electrons. The zero-order chi connectivity index (χ0) is 25.8. The van der Waals surface area contributed by atoms with E-state index in [0.717, 1.165) is 31.2 Å². The van der Waals surface area contributed by atoms with E-state index in [4.69, 9.17) is 4.42 Å². The number of aromatic nitrogens is 3. The van der Waals surface area contributed by atoms with Crippen LogP contribution in [0.1, 0.15) is 62.4 Å². The van der Waals surface area contributed by atoms with Crippen LogP contribution in [0.25, 0.3) is 11.0 Å². The molecule has 4 aromatic rings. The summed E-state index contributed by atoms with van der Waals surface area (Å²) < 4.78 is 7.17. The monoisotopic (exact) mass is 501 g/mol. The van der Waals surface area contributed by atoms with Crippen molar-refractivity contribution < 1.29 is 19.1 Å². The van der Waals surface area contributed by atoms with Crippen molar-refractivity contribution in [3.63, 3.8) is 0 Å². The van der Waals surface area contributed by atoms with Crippen LogP contribution in [0.2, 0.25) is 0 Å². The quantitative estimate of drug-likeness (QED) is 0.367. The van der Waals surface area contributed by atoms with Gasteiger partial charge in [0.2, 0.25) is 11.8 Å². The molecule has 0 aliphatic heterocycles. The number of hydrogen-bond donors (Lipinski definition) is 2. The summed E-state index contributed by atoms with van der Waals surface area (Å²) >= 11 is 0. The van der Waals surface area contributed by atoms with Crippen molar-refractivity contribution in [2.24, 2.45) is 0 Å². The summed E-state index contributed by atoms with van der Waals surface area (Å²) in [6.07, 6.45) is 6.69. The predicted octanol–water partition coefficient (Wildman–Crippen LogP) is 4.51. The molecule has 5 rings (SSSR count). The van der Waals surface area contributed by atoms with E-state index < -0.39 is 12.1 Å². The first kappa shape index (κ1) is 24.5. The molecule has 2 N–H and O–H groups in total. The standard InChI is InChI=1S/C28H31N5O4/c1-19(33-25-12-6-5-11-24(25)30-31-33)28(36)32(18-23-10-7-17-37-23)26(20-13-15-22(34)16-14-20)27(35)29-21-8-3-2-4-9-21/h5-7,10-17,19,21,26,34H,2-4,8-9,18H2,1H3,(H,29,35)/t19-,26+/m0/s1. The molecule has 0 saturated heterocycles. The highest BCUT2D eigenvalue weighted by Crippen LogP contribution is 2.30. The maximum atomic E-state index is 14.2. The fourth-order valence-corrected chi connectivity index (χ4v) is 5.04. The summed E-state index contributed by atoms with van der Waals surface area (Å²) in [4.78, 5) is 29.5. The summed E-state index contributed by atoms with van der Waals surface area (Å²) in [5.74, 6) is 0.0804. The summed E-state index contributed by atoms with van der Waals surface area (Å²) in [5.41, 5.74) is 2.01. The minimum atomic E-state index is -0.933. The number of carbonyl (C=O) groups is 2. The Morgan fingerprint density at radius 3 is 2.57 bits per heavy atom. The molecule has 1 saturated carbocycles. The van der Waals surface area contributed by atoms with E-state index in [0.29, 0.717) is 16.8 Å². The van der Waals surface area contributed by atoms with Gasteiger partial charge in [-0.3, -0.25) is 9.59 Å². The van der Waals surface area contributed by atoms with Crippen LogP contribution in [0.3, 0.4) is 0 Å². The molecule has 0 bridgehead atoms. The van der Waals surface area contributed by atoms with E-state index in [1.54, 1.807) is 42.1 Å². The van der Waals surface area contributed by atoms with Gasteiger partial charge in [-0.25, -0.2) is 4.68 Å². The number of phenols is 1. The molecule has 2 aromatic heterocycles. The number of hydrogen-bond acceptors (Lipinski definition) is 6. The Balaban J connectivity index is 1.53. The Morgan fingerprint density at radius 1 is 1.08 bits per heavy atom. The molecule has 1 aliphatic carbocycles. The van der Waals surface area contributed by atoms with Gasteiger partial charge >= 0.3 is 0 Å². The van der Waals surface area contributed by atoms with Crippen molar-refractivity contribution in [2.45, 2.75) is 63.7 Å². The lowest BCUT2D eigenvalue weighted by Crippen LogP contribution is -2.48. The molecule has 192 valence electrons. The van der Waals surface area contributed by atoms with Crippen molar-refractivity contribution in [1.82, 2.24) is 25.2 Å². The van der Waals surface area contributed by atoms with Crippen LogP contribution in [-0.4, -0.2) is 42.9 Å². The largest absolute Gasteiger partial charge is 0.508 e. The van der Waals surface area contributed by atoms with E-state index in [-0.39, 0.29) is 30.2 Å². The normalized spacial score (nSPS) is 15.8. The highest BCUT2D eigenvalue weighted by Gasteiger charge is 2.36. The number of fused-ring (bicyclic) bond motifs is 1. The molecule has 0 spiro atoms. The number of aromatic hydroxyl groups is 1. The molecule has 1 fully saturated rings. The lowest BCUT2D eigenvalue weighted by Gasteiger charge is -2.34. The van der Waals surface area contributed by atoms with Gasteiger partial charge in [0, 0.05) is 6.04 Å². The SMILES string of the molecule is C[C@@H](C(=O)N(Cc1ccco1)[C@@H](C(=O)NC1CCCCC1)c1ccc(O)cc1)n1nnc2ccccc21. The third-order valence-corrected chi connectivity index (χ3v) is 7.01. The van der Waals surface area contributed by atoms with E-state index in [1.807, 2.05) is 24.3 Å². The van der Waals surface area contributed by atoms with Gasteiger partial charge in [0.25, 0.3) is 0 Å². The number of phenolic OH excluding ortho intramolecular Hbond substituents is 1. The predicted molar refractivity (Wildman–Crippen MR) is 137 cm³/mol. The molecule has 0 unspecified atom stereocenters. The molecular weight excluding hydrogens is 470 g/mol. The average molecular weight is 502 g/mol. The second-order valence-corrected chi connectivity index (χ2v) is 9.58. The summed E-state index contributed by atoms with van der Waals surface area (Å²) in [5, 5.41) is 21.5. The minimum absolute atomic E-state index is 0.0677. The van der Waals surface area contributed by atoms with Crippen LogP contribution < -0.4 is 5.32 Å². The summed E-state index contributed by atoms with van der Waals surface area (Å²) in [6.45, 7) is 1.85. The molecule has 9 nitrogen and oxygen atoms in total. The highest BCUT2D eigenvalue weighted by molar-refractivity contribution is 5.91. The first-order valence-corrected chi connectivity index (χ1v) is 12.7. The van der Waals surface area contributed by atoms with Gasteiger partial charge < -0.3 is 19.7 Å². The van der Waals surface area contributed by atoms with Gasteiger partial charge in [-0.1, -0.05) is 48.7 Å². The number of amides is 2. The minimum Gasteiger partial charge on any atom is -0.508 e. The fraction of sp³-hybridized carbons (Fsp3) is 0.357. The second kappa shape index (κ2) is 10.9. The number of benzene rings is 2. The van der Waals surface area contributed by atoms with Gasteiger partial charge in [-0.15, -0.1) is 5.10 Å². The van der Waals surface area contributed by atoms with Gasteiger partial charge in [0.15, 0.2) is 0 Å².